The first-order chi connectivity index (χ1) is 18.2. The van der Waals surface area contributed by atoms with E-state index in [1.165, 1.54) is 27.9 Å². The van der Waals surface area contributed by atoms with E-state index in [-0.39, 0.29) is 0 Å². The lowest BCUT2D eigenvalue weighted by atomic mass is 9.80. The molecule has 0 amide bonds. The van der Waals surface area contributed by atoms with E-state index in [1.54, 1.807) is 0 Å². The molecule has 38 heavy (non-hydrogen) atoms. The normalized spacial score (nSPS) is 24.8. The van der Waals surface area contributed by atoms with Gasteiger partial charge in [0.2, 0.25) is 0 Å². The predicted molar refractivity (Wildman–Crippen MR) is 152 cm³/mol. The first-order valence-electron chi connectivity index (χ1n) is 14.1. The number of aromatic nitrogens is 4. The summed E-state index contributed by atoms with van der Waals surface area (Å²) in [5, 5.41) is 4.52. The number of rotatable bonds is 4. The molecule has 3 aliphatic rings. The van der Waals surface area contributed by atoms with Gasteiger partial charge in [0.15, 0.2) is 9.84 Å². The van der Waals surface area contributed by atoms with Crippen LogP contribution in [-0.4, -0.2) is 62.5 Å². The van der Waals surface area contributed by atoms with Gasteiger partial charge in [0.25, 0.3) is 0 Å². The summed E-state index contributed by atoms with van der Waals surface area (Å²) in [5.41, 5.74) is 10.7. The summed E-state index contributed by atoms with van der Waals surface area (Å²) in [6.07, 6.45) is 9.33. The van der Waals surface area contributed by atoms with Crippen molar-refractivity contribution < 1.29 is 8.42 Å². The zero-order chi connectivity index (χ0) is 26.4. The summed E-state index contributed by atoms with van der Waals surface area (Å²) in [7, 11) is -2.83. The van der Waals surface area contributed by atoms with E-state index in [4.69, 9.17) is 4.98 Å². The smallest absolute Gasteiger partial charge is 0.158 e. The summed E-state index contributed by atoms with van der Waals surface area (Å²) >= 11 is 0. The molecule has 3 fully saturated rings. The minimum absolute atomic E-state index is 0.326. The van der Waals surface area contributed by atoms with Crippen LogP contribution in [-0.2, 0) is 9.84 Å². The Hall–Kier alpha value is -2.71. The van der Waals surface area contributed by atoms with Gasteiger partial charge >= 0.3 is 0 Å². The van der Waals surface area contributed by atoms with Gasteiger partial charge in [0.1, 0.15) is 0 Å². The molecule has 0 aromatic carbocycles. The maximum absolute atomic E-state index is 12.2. The molecule has 2 saturated heterocycles. The number of aryl methyl sites for hydroxylation is 1. The quantitative estimate of drug-likeness (QED) is 0.375. The molecule has 0 bridgehead atoms. The monoisotopic (exact) mass is 531 g/mol. The van der Waals surface area contributed by atoms with Gasteiger partial charge in [-0.25, -0.2) is 12.9 Å². The second-order valence-corrected chi connectivity index (χ2v) is 14.8. The fraction of sp³-hybridized carbons (Fsp3) is 0.533. The molecule has 6 heterocycles. The van der Waals surface area contributed by atoms with Crippen molar-refractivity contribution in [3.63, 3.8) is 0 Å². The third-order valence-corrected chi connectivity index (χ3v) is 12.4. The predicted octanol–water partition coefficient (Wildman–Crippen LogP) is 5.52. The molecule has 1 spiro atoms. The Morgan fingerprint density at radius 3 is 2.47 bits per heavy atom. The van der Waals surface area contributed by atoms with Crippen LogP contribution in [0.4, 0.5) is 0 Å². The van der Waals surface area contributed by atoms with Crippen LogP contribution in [0.15, 0.2) is 30.6 Å². The number of H-pyrrole nitrogens is 1. The summed E-state index contributed by atoms with van der Waals surface area (Å²) in [6.45, 7) is 10.4. The minimum Gasteiger partial charge on any atom is -0.353 e. The topological polar surface area (TPSA) is 83.4 Å². The molecule has 1 saturated carbocycles. The lowest BCUT2D eigenvalue weighted by molar-refractivity contribution is 0.0382. The average molecular weight is 532 g/mol. The SMILES string of the molecule is Cc1c(-c2[nH]c3ccc(C4CCC(N5CC6(CCS6(=O)=O)C5)CC4)nc3c2C(C)C)cn2nccc2c1C. The Labute approximate surface area is 224 Å². The summed E-state index contributed by atoms with van der Waals surface area (Å²) < 4.78 is 26.0. The zero-order valence-corrected chi connectivity index (χ0v) is 23.6. The molecule has 2 aliphatic heterocycles. The van der Waals surface area contributed by atoms with Gasteiger partial charge in [-0.1, -0.05) is 13.8 Å². The van der Waals surface area contributed by atoms with E-state index < -0.39 is 14.6 Å². The molecule has 4 aromatic heterocycles. The Kier molecular flexibility index (Phi) is 5.38. The Morgan fingerprint density at radius 2 is 1.82 bits per heavy atom. The Balaban J connectivity index is 1.16. The lowest BCUT2D eigenvalue weighted by Gasteiger charge is -2.57. The number of nitrogens with one attached hydrogen (secondary N) is 1. The van der Waals surface area contributed by atoms with Crippen LogP contribution in [0, 0.1) is 13.8 Å². The summed E-state index contributed by atoms with van der Waals surface area (Å²) in [6, 6.07) is 7.02. The maximum atomic E-state index is 12.2. The molecule has 1 N–H and O–H groups in total. The summed E-state index contributed by atoms with van der Waals surface area (Å²) in [5.74, 6) is 1.17. The molecule has 1 aliphatic carbocycles. The van der Waals surface area contributed by atoms with E-state index in [0.717, 1.165) is 67.4 Å². The molecule has 0 unspecified atom stereocenters. The van der Waals surface area contributed by atoms with Gasteiger partial charge in [-0.15, -0.1) is 0 Å². The van der Waals surface area contributed by atoms with Crippen molar-refractivity contribution in [3.8, 4) is 11.3 Å². The minimum atomic E-state index is -2.83. The maximum Gasteiger partial charge on any atom is 0.158 e. The highest BCUT2D eigenvalue weighted by Crippen LogP contribution is 2.46. The Bertz CT molecular complexity index is 1670. The van der Waals surface area contributed by atoms with E-state index >= 15 is 0 Å². The number of hydrogen-bond acceptors (Lipinski definition) is 5. The second kappa shape index (κ2) is 8.39. The first kappa shape index (κ1) is 24.3. The lowest BCUT2D eigenvalue weighted by Crippen LogP contribution is -2.73. The van der Waals surface area contributed by atoms with E-state index in [2.05, 4.69) is 67.1 Å². The van der Waals surface area contributed by atoms with Crippen molar-refractivity contribution in [2.24, 2.45) is 0 Å². The Morgan fingerprint density at radius 1 is 1.05 bits per heavy atom. The third-order valence-electron chi connectivity index (χ3n) is 9.92. The fourth-order valence-electron chi connectivity index (χ4n) is 7.28. The van der Waals surface area contributed by atoms with Crippen molar-refractivity contribution in [3.05, 3.63) is 53.0 Å². The second-order valence-electron chi connectivity index (χ2n) is 12.3. The van der Waals surface area contributed by atoms with E-state index in [0.29, 0.717) is 23.6 Å². The number of aromatic amines is 1. The molecule has 200 valence electrons. The number of hydrogen-bond donors (Lipinski definition) is 1. The number of pyridine rings is 2. The molecule has 0 atom stereocenters. The standard InChI is InChI=1S/C30H37N5O2S/c1-18(2)27-28(23-15-35-26(11-13-31-35)20(4)19(23)3)33-25-10-9-24(32-29(25)27)21-5-7-22(8-6-21)34-16-30(17-34)12-14-38(30,36)37/h9-11,13,15,18,21-22,33H,5-8,12,14,16-17H2,1-4H3. The van der Waals surface area contributed by atoms with Crippen molar-refractivity contribution in [1.29, 1.82) is 0 Å². The van der Waals surface area contributed by atoms with Gasteiger partial charge in [-0.3, -0.25) is 9.88 Å². The summed E-state index contributed by atoms with van der Waals surface area (Å²) in [4.78, 5) is 11.4. The molecule has 0 radical (unpaired) electrons. The van der Waals surface area contributed by atoms with Crippen LogP contribution >= 0.6 is 0 Å². The average Bonchev–Trinajstić information content (AvgIpc) is 3.49. The van der Waals surface area contributed by atoms with Crippen LogP contribution in [0.25, 0.3) is 27.8 Å². The van der Waals surface area contributed by atoms with E-state index in [1.807, 2.05) is 10.7 Å². The van der Waals surface area contributed by atoms with Gasteiger partial charge in [-0.05, 0) is 81.2 Å². The van der Waals surface area contributed by atoms with Crippen molar-refractivity contribution in [1.82, 2.24) is 24.5 Å². The van der Waals surface area contributed by atoms with Crippen LogP contribution in [0.3, 0.4) is 0 Å². The molecular weight excluding hydrogens is 494 g/mol. The van der Waals surface area contributed by atoms with Gasteiger partial charge in [-0.2, -0.15) is 5.10 Å². The highest BCUT2D eigenvalue weighted by Gasteiger charge is 2.60. The molecule has 8 heteroatoms. The van der Waals surface area contributed by atoms with Gasteiger partial charge < -0.3 is 4.98 Å². The molecule has 4 aromatic rings. The molecular formula is C30H37N5O2S. The number of nitrogens with zero attached hydrogens (tertiary/aromatic N) is 4. The third kappa shape index (κ3) is 3.45. The van der Waals surface area contributed by atoms with Crippen molar-refractivity contribution in [2.75, 3.05) is 18.8 Å². The highest BCUT2D eigenvalue weighted by atomic mass is 32.2. The van der Waals surface area contributed by atoms with Crippen molar-refractivity contribution in [2.45, 2.75) is 82.4 Å². The van der Waals surface area contributed by atoms with Crippen LogP contribution < -0.4 is 0 Å². The number of sulfone groups is 1. The van der Waals surface area contributed by atoms with Crippen molar-refractivity contribution >= 4 is 26.4 Å². The van der Waals surface area contributed by atoms with E-state index in [9.17, 15) is 8.42 Å². The van der Waals surface area contributed by atoms with Crippen LogP contribution in [0.2, 0.25) is 0 Å². The van der Waals surface area contributed by atoms with Crippen LogP contribution in [0.1, 0.15) is 80.2 Å². The fourth-order valence-corrected chi connectivity index (χ4v) is 9.12. The molecule has 7 rings (SSSR count). The number of fused-ring (bicyclic) bond motifs is 2. The largest absolute Gasteiger partial charge is 0.353 e. The molecule has 7 nitrogen and oxygen atoms in total. The van der Waals surface area contributed by atoms with Gasteiger partial charge in [0, 0.05) is 54.3 Å². The number of likely N-dealkylation sites (tertiary alicyclic amines) is 1. The highest BCUT2D eigenvalue weighted by molar-refractivity contribution is 7.94. The van der Waals surface area contributed by atoms with Crippen LogP contribution in [0.5, 0.6) is 0 Å². The zero-order valence-electron chi connectivity index (χ0n) is 22.8. The van der Waals surface area contributed by atoms with Gasteiger partial charge in [0.05, 0.1) is 32.7 Å². The first-order valence-corrected chi connectivity index (χ1v) is 15.8.